The molecule has 0 fully saturated rings. The largest absolute Gasteiger partial charge is 0.143 e. The molecule has 3 rings (SSSR count). The van der Waals surface area contributed by atoms with Crippen LogP contribution in [0.1, 0.15) is 16.0 Å². The molecule has 1 unspecified atom stereocenters. The van der Waals surface area contributed by atoms with Gasteiger partial charge in [-0.15, -0.1) is 11.3 Å². The summed E-state index contributed by atoms with van der Waals surface area (Å²) in [5.41, 5.74) is 2.50. The number of halogens is 3. The molecule has 0 bridgehead atoms. The zero-order valence-corrected chi connectivity index (χ0v) is 14.5. The molecule has 1 heterocycles. The van der Waals surface area contributed by atoms with E-state index >= 15 is 0 Å². The number of benzene rings is 2. The molecule has 0 spiro atoms. The summed E-state index contributed by atoms with van der Waals surface area (Å²) < 4.78 is 2.24. The third kappa shape index (κ3) is 2.62. The molecule has 19 heavy (non-hydrogen) atoms. The number of fused-ring (bicyclic) bond motifs is 1. The van der Waals surface area contributed by atoms with Crippen LogP contribution in [0.3, 0.4) is 0 Å². The van der Waals surface area contributed by atoms with Crippen LogP contribution < -0.4 is 0 Å². The van der Waals surface area contributed by atoms with E-state index in [2.05, 4.69) is 73.6 Å². The number of rotatable bonds is 2. The van der Waals surface area contributed by atoms with Crippen molar-refractivity contribution >= 4 is 64.9 Å². The Kier molecular flexibility index (Phi) is 3.99. The zero-order chi connectivity index (χ0) is 13.4. The summed E-state index contributed by atoms with van der Waals surface area (Å²) in [7, 11) is 0. The van der Waals surface area contributed by atoms with Gasteiger partial charge in [-0.25, -0.2) is 0 Å². The Hall–Kier alpha value is -0.350. The highest BCUT2D eigenvalue weighted by atomic mass is 79.9. The van der Waals surface area contributed by atoms with Crippen molar-refractivity contribution < 1.29 is 0 Å². The Balaban J connectivity index is 2.08. The molecule has 2 aromatic carbocycles. The van der Waals surface area contributed by atoms with Crippen LogP contribution in [-0.2, 0) is 0 Å². The number of thiophene rings is 1. The van der Waals surface area contributed by atoms with E-state index in [0.717, 1.165) is 9.50 Å². The van der Waals surface area contributed by atoms with E-state index in [1.807, 2.05) is 6.07 Å². The predicted octanol–water partition coefficient (Wildman–Crippen LogP) is 6.80. The lowest BCUT2D eigenvalue weighted by Crippen LogP contribution is -1.91. The molecular weight excluding hydrogens is 407 g/mol. The number of hydrogen-bond acceptors (Lipinski definition) is 1. The fraction of sp³-hybridized carbons (Fsp3) is 0.0667. The van der Waals surface area contributed by atoms with Gasteiger partial charge in [0.25, 0.3) is 0 Å². The monoisotopic (exact) mass is 414 g/mol. The van der Waals surface area contributed by atoms with E-state index in [4.69, 9.17) is 11.6 Å². The topological polar surface area (TPSA) is 0 Å². The summed E-state index contributed by atoms with van der Waals surface area (Å²) >= 11 is 15.1. The van der Waals surface area contributed by atoms with Gasteiger partial charge in [-0.05, 0) is 56.0 Å². The minimum atomic E-state index is 0.178. The quantitative estimate of drug-likeness (QED) is 0.403. The summed E-state index contributed by atoms with van der Waals surface area (Å²) in [4.78, 5) is 0.178. The van der Waals surface area contributed by atoms with Gasteiger partial charge in [0, 0.05) is 9.17 Å². The summed E-state index contributed by atoms with van der Waals surface area (Å²) in [6.07, 6.45) is 0. The average Bonchev–Trinajstić information content (AvgIpc) is 2.85. The smallest absolute Gasteiger partial charge is 0.0659 e. The van der Waals surface area contributed by atoms with Crippen molar-refractivity contribution in [2.75, 3.05) is 0 Å². The third-order valence-corrected chi connectivity index (χ3v) is 6.24. The first-order valence-corrected chi connectivity index (χ1v) is 8.68. The van der Waals surface area contributed by atoms with Crippen molar-refractivity contribution in [2.24, 2.45) is 0 Å². The summed E-state index contributed by atoms with van der Waals surface area (Å²) in [5.74, 6) is 0. The predicted molar refractivity (Wildman–Crippen MR) is 91.7 cm³/mol. The molecule has 0 nitrogen and oxygen atoms in total. The van der Waals surface area contributed by atoms with Crippen LogP contribution in [-0.4, -0.2) is 0 Å². The van der Waals surface area contributed by atoms with Gasteiger partial charge >= 0.3 is 0 Å². The molecule has 0 saturated heterocycles. The van der Waals surface area contributed by atoms with Crippen molar-refractivity contribution in [3.63, 3.8) is 0 Å². The van der Waals surface area contributed by atoms with Crippen molar-refractivity contribution in [2.45, 2.75) is 4.83 Å². The van der Waals surface area contributed by atoms with Gasteiger partial charge in [-0.1, -0.05) is 51.8 Å². The fourth-order valence-electron chi connectivity index (χ4n) is 2.04. The third-order valence-electron chi connectivity index (χ3n) is 3.02. The zero-order valence-electron chi connectivity index (χ0n) is 9.74. The second-order valence-corrected chi connectivity index (χ2v) is 7.31. The molecule has 1 aromatic heterocycles. The van der Waals surface area contributed by atoms with Gasteiger partial charge in [0.05, 0.1) is 9.85 Å². The van der Waals surface area contributed by atoms with E-state index in [0.29, 0.717) is 0 Å². The van der Waals surface area contributed by atoms with E-state index in [-0.39, 0.29) is 4.83 Å². The van der Waals surface area contributed by atoms with Gasteiger partial charge in [0.1, 0.15) is 0 Å². The highest BCUT2D eigenvalue weighted by Crippen LogP contribution is 2.39. The Labute approximate surface area is 137 Å². The van der Waals surface area contributed by atoms with Crippen molar-refractivity contribution in [1.29, 1.82) is 0 Å². The van der Waals surface area contributed by atoms with Crippen LogP contribution in [0.2, 0.25) is 5.02 Å². The van der Waals surface area contributed by atoms with Crippen LogP contribution in [0.25, 0.3) is 10.1 Å². The van der Waals surface area contributed by atoms with Gasteiger partial charge in [-0.3, -0.25) is 0 Å². The van der Waals surface area contributed by atoms with Crippen molar-refractivity contribution in [1.82, 2.24) is 0 Å². The molecule has 0 saturated carbocycles. The maximum absolute atomic E-state index is 6.05. The fourth-order valence-corrected chi connectivity index (χ4v) is 4.38. The van der Waals surface area contributed by atoms with Crippen LogP contribution in [0, 0.1) is 0 Å². The lowest BCUT2D eigenvalue weighted by Gasteiger charge is -2.11. The molecule has 1 atom stereocenters. The summed E-state index contributed by atoms with van der Waals surface area (Å²) in [6.45, 7) is 0. The highest BCUT2D eigenvalue weighted by Gasteiger charge is 2.15. The maximum Gasteiger partial charge on any atom is 0.0659 e. The molecule has 96 valence electrons. The van der Waals surface area contributed by atoms with Crippen LogP contribution in [0.5, 0.6) is 0 Å². The van der Waals surface area contributed by atoms with E-state index < -0.39 is 0 Å². The molecule has 0 aliphatic carbocycles. The molecule has 3 aromatic rings. The first-order chi connectivity index (χ1) is 9.16. The van der Waals surface area contributed by atoms with Crippen LogP contribution >= 0.6 is 54.8 Å². The summed E-state index contributed by atoms with van der Waals surface area (Å²) in [5, 5.41) is 4.26. The first kappa shape index (κ1) is 13.6. The second-order valence-electron chi connectivity index (χ2n) is 4.22. The molecule has 0 radical (unpaired) electrons. The first-order valence-electron chi connectivity index (χ1n) is 5.72. The number of alkyl halides is 1. The normalized spacial score (nSPS) is 12.8. The Morgan fingerprint density at radius 3 is 2.68 bits per heavy atom. The van der Waals surface area contributed by atoms with Gasteiger partial charge < -0.3 is 0 Å². The molecule has 0 N–H and O–H groups in total. The molecule has 4 heteroatoms. The van der Waals surface area contributed by atoms with Crippen molar-refractivity contribution in [3.8, 4) is 0 Å². The van der Waals surface area contributed by atoms with Crippen LogP contribution in [0.15, 0.2) is 52.3 Å². The van der Waals surface area contributed by atoms with Crippen LogP contribution in [0.4, 0.5) is 0 Å². The lowest BCUT2D eigenvalue weighted by molar-refractivity contribution is 1.20. The SMILES string of the molecule is Clc1ccc(C(Br)c2csc3ccccc23)cc1Br. The van der Waals surface area contributed by atoms with Crippen molar-refractivity contribution in [3.05, 3.63) is 68.5 Å². The maximum atomic E-state index is 6.05. The minimum Gasteiger partial charge on any atom is -0.143 e. The molecule has 0 aliphatic heterocycles. The van der Waals surface area contributed by atoms with Gasteiger partial charge in [-0.2, -0.15) is 0 Å². The summed E-state index contributed by atoms with van der Waals surface area (Å²) in [6, 6.07) is 14.5. The molecule has 0 amide bonds. The Morgan fingerprint density at radius 1 is 1.11 bits per heavy atom. The minimum absolute atomic E-state index is 0.178. The highest BCUT2D eigenvalue weighted by molar-refractivity contribution is 9.10. The molecule has 0 aliphatic rings. The average molecular weight is 417 g/mol. The van der Waals surface area contributed by atoms with Gasteiger partial charge in [0.2, 0.25) is 0 Å². The van der Waals surface area contributed by atoms with E-state index in [9.17, 15) is 0 Å². The number of hydrogen-bond donors (Lipinski definition) is 0. The second kappa shape index (κ2) is 5.57. The molecular formula is C15H9Br2ClS. The van der Waals surface area contributed by atoms with E-state index in [1.54, 1.807) is 11.3 Å². The van der Waals surface area contributed by atoms with Gasteiger partial charge in [0.15, 0.2) is 0 Å². The standard InChI is InChI=1S/C15H9Br2ClS/c16-12-7-9(5-6-13(12)18)15(17)11-8-19-14-4-2-1-3-10(11)14/h1-8,15H. The Morgan fingerprint density at radius 2 is 1.89 bits per heavy atom. The Bertz CT molecular complexity index is 736. The van der Waals surface area contributed by atoms with E-state index in [1.165, 1.54) is 21.2 Å². The lowest BCUT2D eigenvalue weighted by atomic mass is 10.0.